The minimum absolute atomic E-state index is 0.205. The molecule has 11 heavy (non-hydrogen) atoms. The maximum absolute atomic E-state index is 11.8. The predicted octanol–water partition coefficient (Wildman–Crippen LogP) is 1.88. The van der Waals surface area contributed by atoms with E-state index in [0.717, 1.165) is 0 Å². The first-order chi connectivity index (χ1) is 4.93. The maximum Gasteiger partial charge on any atom is 0.414 e. The molecule has 1 N–H and O–H groups in total. The van der Waals surface area contributed by atoms with E-state index in [4.69, 9.17) is 5.11 Å². The molecule has 1 aliphatic carbocycles. The molecule has 0 radical (unpaired) electrons. The van der Waals surface area contributed by atoms with Crippen LogP contribution in [0.15, 0.2) is 12.2 Å². The van der Waals surface area contributed by atoms with Crippen molar-refractivity contribution in [1.82, 2.24) is 0 Å². The number of hydrogen-bond acceptors (Lipinski definition) is 1. The summed E-state index contributed by atoms with van der Waals surface area (Å²) >= 11 is 0. The van der Waals surface area contributed by atoms with Crippen molar-refractivity contribution in [2.24, 2.45) is 5.92 Å². The van der Waals surface area contributed by atoms with E-state index in [0.29, 0.717) is 12.8 Å². The highest BCUT2D eigenvalue weighted by Crippen LogP contribution is 2.39. The molecule has 0 aromatic carbocycles. The first-order valence-corrected chi connectivity index (χ1v) is 3.37. The monoisotopic (exact) mass is 166 g/mol. The van der Waals surface area contributed by atoms with E-state index in [1.54, 1.807) is 0 Å². The Morgan fingerprint density at radius 3 is 2.18 bits per heavy atom. The van der Waals surface area contributed by atoms with E-state index >= 15 is 0 Å². The van der Waals surface area contributed by atoms with Crippen LogP contribution in [0.25, 0.3) is 0 Å². The summed E-state index contributed by atoms with van der Waals surface area (Å²) in [4.78, 5) is 0. The van der Waals surface area contributed by atoms with Crippen molar-refractivity contribution < 1.29 is 18.3 Å². The number of aliphatic hydroxyl groups is 1. The molecule has 4 heteroatoms. The van der Waals surface area contributed by atoms with E-state index in [1.165, 1.54) is 0 Å². The van der Waals surface area contributed by atoms with Crippen LogP contribution in [0.5, 0.6) is 0 Å². The molecule has 0 amide bonds. The summed E-state index contributed by atoms with van der Waals surface area (Å²) in [6, 6.07) is 0. The van der Waals surface area contributed by atoms with E-state index in [9.17, 15) is 13.2 Å². The SMILES string of the molecule is C=C(C(O)C1CC1)C(F)(F)F. The van der Waals surface area contributed by atoms with E-state index in [-0.39, 0.29) is 5.92 Å². The third-order valence-electron chi connectivity index (χ3n) is 1.79. The fourth-order valence-electron chi connectivity index (χ4n) is 0.864. The van der Waals surface area contributed by atoms with Crippen LogP contribution in [-0.2, 0) is 0 Å². The van der Waals surface area contributed by atoms with E-state index < -0.39 is 17.9 Å². The van der Waals surface area contributed by atoms with Crippen LogP contribution in [0.2, 0.25) is 0 Å². The molecule has 1 aliphatic rings. The van der Waals surface area contributed by atoms with Crippen LogP contribution >= 0.6 is 0 Å². The molecule has 0 aromatic heterocycles. The molecule has 0 aromatic rings. The lowest BCUT2D eigenvalue weighted by molar-refractivity contribution is -0.106. The van der Waals surface area contributed by atoms with E-state index in [2.05, 4.69) is 6.58 Å². The Kier molecular flexibility index (Phi) is 1.96. The Morgan fingerprint density at radius 1 is 1.45 bits per heavy atom. The zero-order valence-corrected chi connectivity index (χ0v) is 5.86. The van der Waals surface area contributed by atoms with Gasteiger partial charge in [0.15, 0.2) is 0 Å². The lowest BCUT2D eigenvalue weighted by Crippen LogP contribution is -2.24. The van der Waals surface area contributed by atoms with Crippen LogP contribution < -0.4 is 0 Å². The molecule has 1 unspecified atom stereocenters. The Balaban J connectivity index is 2.52. The molecular formula is C7H9F3O. The van der Waals surface area contributed by atoms with Crippen molar-refractivity contribution in [2.45, 2.75) is 25.1 Å². The van der Waals surface area contributed by atoms with Crippen LogP contribution in [0, 0.1) is 5.92 Å². The lowest BCUT2D eigenvalue weighted by Gasteiger charge is -2.15. The number of hydrogen-bond donors (Lipinski definition) is 1. The van der Waals surface area contributed by atoms with Crippen molar-refractivity contribution in [3.63, 3.8) is 0 Å². The van der Waals surface area contributed by atoms with Gasteiger partial charge in [-0.3, -0.25) is 0 Å². The topological polar surface area (TPSA) is 20.2 Å². The van der Waals surface area contributed by atoms with Crippen molar-refractivity contribution in [1.29, 1.82) is 0 Å². The number of rotatable bonds is 2. The second kappa shape index (κ2) is 2.52. The molecule has 0 aliphatic heterocycles. The van der Waals surface area contributed by atoms with Gasteiger partial charge < -0.3 is 5.11 Å². The summed E-state index contributed by atoms with van der Waals surface area (Å²) in [5.74, 6) is -0.205. The Labute approximate surface area is 62.5 Å². The molecule has 0 spiro atoms. The summed E-state index contributed by atoms with van der Waals surface area (Å²) in [5.41, 5.74) is -1.01. The normalized spacial score (nSPS) is 21.5. The first-order valence-electron chi connectivity index (χ1n) is 3.37. The van der Waals surface area contributed by atoms with Gasteiger partial charge in [0.2, 0.25) is 0 Å². The molecule has 0 bridgehead atoms. The van der Waals surface area contributed by atoms with Crippen LogP contribution in [-0.4, -0.2) is 17.4 Å². The summed E-state index contributed by atoms with van der Waals surface area (Å²) in [6.07, 6.45) is -4.47. The minimum Gasteiger partial charge on any atom is -0.388 e. The van der Waals surface area contributed by atoms with Gasteiger partial charge in [-0.2, -0.15) is 13.2 Å². The molecule has 1 atom stereocenters. The molecule has 1 saturated carbocycles. The Bertz CT molecular complexity index is 169. The van der Waals surface area contributed by atoms with Gasteiger partial charge >= 0.3 is 6.18 Å². The summed E-state index contributed by atoms with van der Waals surface area (Å²) in [7, 11) is 0. The predicted molar refractivity (Wildman–Crippen MR) is 33.9 cm³/mol. The van der Waals surface area contributed by atoms with Crippen LogP contribution in [0.4, 0.5) is 13.2 Å². The average Bonchev–Trinajstić information content (AvgIpc) is 2.63. The molecule has 1 fully saturated rings. The van der Waals surface area contributed by atoms with Crippen molar-refractivity contribution >= 4 is 0 Å². The van der Waals surface area contributed by atoms with Gasteiger partial charge in [0.05, 0.1) is 11.7 Å². The maximum atomic E-state index is 11.8. The smallest absolute Gasteiger partial charge is 0.388 e. The number of alkyl halides is 3. The van der Waals surface area contributed by atoms with Crippen LogP contribution in [0.3, 0.4) is 0 Å². The zero-order chi connectivity index (χ0) is 8.65. The second-order valence-electron chi connectivity index (χ2n) is 2.81. The first kappa shape index (κ1) is 8.59. The van der Waals surface area contributed by atoms with Gasteiger partial charge in [-0.25, -0.2) is 0 Å². The van der Waals surface area contributed by atoms with Gasteiger partial charge in [0.25, 0.3) is 0 Å². The van der Waals surface area contributed by atoms with Crippen molar-refractivity contribution in [3.8, 4) is 0 Å². The Morgan fingerprint density at radius 2 is 1.91 bits per heavy atom. The quantitative estimate of drug-likeness (QED) is 0.621. The average molecular weight is 166 g/mol. The third kappa shape index (κ3) is 1.96. The Hall–Kier alpha value is -0.510. The van der Waals surface area contributed by atoms with Gasteiger partial charge in [-0.15, -0.1) is 0 Å². The fourth-order valence-corrected chi connectivity index (χ4v) is 0.864. The largest absolute Gasteiger partial charge is 0.414 e. The van der Waals surface area contributed by atoms with Gasteiger partial charge in [-0.05, 0) is 18.8 Å². The molecule has 1 nitrogen and oxygen atoms in total. The summed E-state index contributed by atoms with van der Waals surface area (Å²) < 4.78 is 35.5. The van der Waals surface area contributed by atoms with Crippen molar-refractivity contribution in [3.05, 3.63) is 12.2 Å². The van der Waals surface area contributed by atoms with E-state index in [1.807, 2.05) is 0 Å². The van der Waals surface area contributed by atoms with Gasteiger partial charge in [-0.1, -0.05) is 6.58 Å². The second-order valence-corrected chi connectivity index (χ2v) is 2.81. The van der Waals surface area contributed by atoms with Crippen LogP contribution in [0.1, 0.15) is 12.8 Å². The molecular weight excluding hydrogens is 157 g/mol. The van der Waals surface area contributed by atoms with Gasteiger partial charge in [0, 0.05) is 0 Å². The lowest BCUT2D eigenvalue weighted by atomic mass is 10.1. The molecule has 64 valence electrons. The zero-order valence-electron chi connectivity index (χ0n) is 5.86. The highest BCUT2D eigenvalue weighted by molar-refractivity contribution is 5.12. The summed E-state index contributed by atoms with van der Waals surface area (Å²) in [5, 5.41) is 8.97. The molecule has 0 saturated heterocycles. The number of aliphatic hydroxyl groups excluding tert-OH is 1. The van der Waals surface area contributed by atoms with Gasteiger partial charge in [0.1, 0.15) is 0 Å². The standard InChI is InChI=1S/C7H9F3O/c1-4(7(8,9)10)6(11)5-2-3-5/h5-6,11H,1-3H2. The third-order valence-corrected chi connectivity index (χ3v) is 1.79. The fraction of sp³-hybridized carbons (Fsp3) is 0.714. The highest BCUT2D eigenvalue weighted by Gasteiger charge is 2.42. The van der Waals surface area contributed by atoms with Crippen molar-refractivity contribution in [2.75, 3.05) is 0 Å². The number of halogens is 3. The minimum atomic E-state index is -4.44. The molecule has 1 rings (SSSR count). The molecule has 0 heterocycles. The highest BCUT2D eigenvalue weighted by atomic mass is 19.4. The summed E-state index contributed by atoms with van der Waals surface area (Å²) in [6.45, 7) is 2.81.